The predicted molar refractivity (Wildman–Crippen MR) is 75.3 cm³/mol. The molecular formula is C14H15F6N3O2. The van der Waals surface area contributed by atoms with Gasteiger partial charge in [0.25, 0.3) is 5.91 Å². The summed E-state index contributed by atoms with van der Waals surface area (Å²) in [5, 5.41) is 0. The van der Waals surface area contributed by atoms with Crippen LogP contribution in [0, 0.1) is 5.92 Å². The van der Waals surface area contributed by atoms with Crippen molar-refractivity contribution < 1.29 is 35.9 Å². The van der Waals surface area contributed by atoms with Gasteiger partial charge in [-0.05, 0) is 30.9 Å². The molecule has 1 heterocycles. The number of primary amides is 1. The van der Waals surface area contributed by atoms with Gasteiger partial charge in [0.05, 0.1) is 6.61 Å². The van der Waals surface area contributed by atoms with Gasteiger partial charge in [-0.1, -0.05) is 0 Å². The van der Waals surface area contributed by atoms with Crippen molar-refractivity contribution in [3.63, 3.8) is 0 Å². The molecule has 0 bridgehead atoms. The Morgan fingerprint density at radius 3 is 2.16 bits per heavy atom. The van der Waals surface area contributed by atoms with Crippen LogP contribution in [0.15, 0.2) is 12.1 Å². The van der Waals surface area contributed by atoms with Gasteiger partial charge in [0, 0.05) is 0 Å². The number of anilines is 1. The number of alkyl halides is 6. The number of carbonyl (C=O) groups is 1. The van der Waals surface area contributed by atoms with E-state index < -0.39 is 42.9 Å². The van der Waals surface area contributed by atoms with Gasteiger partial charge < -0.3 is 15.4 Å². The molecule has 0 spiro atoms. The average molecular weight is 371 g/mol. The topological polar surface area (TPSA) is 68.5 Å². The molecule has 1 aromatic heterocycles. The number of amides is 1. The first-order chi connectivity index (χ1) is 11.4. The van der Waals surface area contributed by atoms with Gasteiger partial charge in [-0.3, -0.25) is 4.79 Å². The van der Waals surface area contributed by atoms with E-state index in [1.54, 1.807) is 0 Å². The van der Waals surface area contributed by atoms with Crippen molar-refractivity contribution in [3.8, 4) is 5.88 Å². The molecule has 0 radical (unpaired) electrons. The standard InChI is InChI=1S/C14H15F6N3O2/c15-13(16,17)6-23(7-14(18,19)20)10-4-3-9(11(21)24)22-12(10)25-5-8-1-2-8/h3-4,8H,1-2,5-7H2,(H2,21,24). The predicted octanol–water partition coefficient (Wildman–Crippen LogP) is 2.90. The lowest BCUT2D eigenvalue weighted by Gasteiger charge is -2.28. The van der Waals surface area contributed by atoms with E-state index in [9.17, 15) is 31.1 Å². The summed E-state index contributed by atoms with van der Waals surface area (Å²) in [6.07, 6.45) is -8.05. The summed E-state index contributed by atoms with van der Waals surface area (Å²) in [6, 6.07) is 1.88. The Balaban J connectivity index is 2.36. The fraction of sp³-hybridized carbons (Fsp3) is 0.571. The van der Waals surface area contributed by atoms with Gasteiger partial charge in [0.1, 0.15) is 24.5 Å². The van der Waals surface area contributed by atoms with Crippen molar-refractivity contribution in [2.24, 2.45) is 11.7 Å². The van der Waals surface area contributed by atoms with E-state index in [0.29, 0.717) is 0 Å². The quantitative estimate of drug-likeness (QED) is 0.749. The minimum Gasteiger partial charge on any atom is -0.476 e. The second-order valence-corrected chi connectivity index (χ2v) is 5.73. The van der Waals surface area contributed by atoms with Crippen molar-refractivity contribution in [1.29, 1.82) is 0 Å². The third kappa shape index (κ3) is 6.31. The summed E-state index contributed by atoms with van der Waals surface area (Å²) in [5.41, 5.74) is 4.24. The number of hydrogen-bond acceptors (Lipinski definition) is 4. The summed E-state index contributed by atoms with van der Waals surface area (Å²) in [7, 11) is 0. The zero-order valence-corrected chi connectivity index (χ0v) is 12.8. The average Bonchev–Trinajstić information content (AvgIpc) is 3.25. The van der Waals surface area contributed by atoms with Gasteiger partial charge in [-0.25, -0.2) is 4.98 Å². The molecule has 2 rings (SSSR count). The van der Waals surface area contributed by atoms with Gasteiger partial charge in [-0.15, -0.1) is 0 Å². The Morgan fingerprint density at radius 2 is 1.72 bits per heavy atom. The minimum absolute atomic E-state index is 0.0694. The molecule has 1 aliphatic rings. The smallest absolute Gasteiger partial charge is 0.405 e. The lowest BCUT2D eigenvalue weighted by Crippen LogP contribution is -2.41. The van der Waals surface area contributed by atoms with E-state index in [4.69, 9.17) is 10.5 Å². The maximum Gasteiger partial charge on any atom is 0.405 e. The highest BCUT2D eigenvalue weighted by molar-refractivity contribution is 5.91. The van der Waals surface area contributed by atoms with Crippen LogP contribution >= 0.6 is 0 Å². The molecule has 1 aromatic rings. The monoisotopic (exact) mass is 371 g/mol. The molecule has 11 heteroatoms. The summed E-state index contributed by atoms with van der Waals surface area (Å²) in [6.45, 7) is -3.60. The molecule has 140 valence electrons. The first-order valence-electron chi connectivity index (χ1n) is 7.27. The minimum atomic E-state index is -4.87. The van der Waals surface area contributed by atoms with Crippen LogP contribution in [0.2, 0.25) is 0 Å². The molecule has 1 aliphatic carbocycles. The lowest BCUT2D eigenvalue weighted by atomic mass is 10.2. The number of halogens is 6. The van der Waals surface area contributed by atoms with Crippen molar-refractivity contribution >= 4 is 11.6 Å². The summed E-state index contributed by atoms with van der Waals surface area (Å²) >= 11 is 0. The number of hydrogen-bond donors (Lipinski definition) is 1. The molecule has 1 amide bonds. The molecule has 1 fully saturated rings. The molecule has 0 atom stereocenters. The first-order valence-corrected chi connectivity index (χ1v) is 7.27. The lowest BCUT2D eigenvalue weighted by molar-refractivity contribution is -0.137. The van der Waals surface area contributed by atoms with E-state index in [0.717, 1.165) is 25.0 Å². The van der Waals surface area contributed by atoms with Crippen LogP contribution in [0.1, 0.15) is 23.3 Å². The third-order valence-electron chi connectivity index (χ3n) is 3.33. The van der Waals surface area contributed by atoms with E-state index >= 15 is 0 Å². The van der Waals surface area contributed by atoms with Crippen LogP contribution in [0.3, 0.4) is 0 Å². The molecule has 0 aliphatic heterocycles. The van der Waals surface area contributed by atoms with Crippen molar-refractivity contribution in [2.75, 3.05) is 24.6 Å². The second-order valence-electron chi connectivity index (χ2n) is 5.73. The van der Waals surface area contributed by atoms with Gasteiger partial charge >= 0.3 is 12.4 Å². The maximum absolute atomic E-state index is 12.7. The summed E-state index contributed by atoms with van der Waals surface area (Å²) in [4.78, 5) is 14.9. The Morgan fingerprint density at radius 1 is 1.16 bits per heavy atom. The second kappa shape index (κ2) is 6.96. The fourth-order valence-corrected chi connectivity index (χ4v) is 2.06. The Bertz CT molecular complexity index is 612. The van der Waals surface area contributed by atoms with E-state index in [1.807, 2.05) is 0 Å². The SMILES string of the molecule is NC(=O)c1ccc(N(CC(F)(F)F)CC(F)(F)F)c(OCC2CC2)n1. The number of pyridine rings is 1. The normalized spacial score (nSPS) is 15.1. The van der Waals surface area contributed by atoms with Crippen molar-refractivity contribution in [3.05, 3.63) is 17.8 Å². The van der Waals surface area contributed by atoms with Crippen LogP contribution < -0.4 is 15.4 Å². The third-order valence-corrected chi connectivity index (χ3v) is 3.33. The Hall–Kier alpha value is -2.20. The molecule has 2 N–H and O–H groups in total. The van der Waals surface area contributed by atoms with E-state index in [1.165, 1.54) is 0 Å². The fourth-order valence-electron chi connectivity index (χ4n) is 2.06. The molecule has 0 saturated heterocycles. The van der Waals surface area contributed by atoms with Crippen LogP contribution in [-0.4, -0.2) is 42.9 Å². The summed E-state index contributed by atoms with van der Waals surface area (Å²) in [5.74, 6) is -1.27. The number of rotatable bonds is 7. The van der Waals surface area contributed by atoms with Gasteiger partial charge in [0.15, 0.2) is 0 Å². The molecular weight excluding hydrogens is 356 g/mol. The Kier molecular flexibility index (Phi) is 5.33. The number of nitrogens with zero attached hydrogens (tertiary/aromatic N) is 2. The van der Waals surface area contributed by atoms with Crippen LogP contribution in [0.4, 0.5) is 32.0 Å². The maximum atomic E-state index is 12.7. The molecule has 0 unspecified atom stereocenters. The number of ether oxygens (including phenoxy) is 1. The van der Waals surface area contributed by atoms with Crippen LogP contribution in [-0.2, 0) is 0 Å². The zero-order valence-electron chi connectivity index (χ0n) is 12.8. The number of carbonyl (C=O) groups excluding carboxylic acids is 1. The van der Waals surface area contributed by atoms with Gasteiger partial charge in [-0.2, -0.15) is 26.3 Å². The first kappa shape index (κ1) is 19.1. The molecule has 0 aromatic carbocycles. The van der Waals surface area contributed by atoms with E-state index in [-0.39, 0.29) is 23.1 Å². The van der Waals surface area contributed by atoms with E-state index in [2.05, 4.69) is 4.98 Å². The number of nitrogens with two attached hydrogens (primary N) is 1. The van der Waals surface area contributed by atoms with Crippen LogP contribution in [0.25, 0.3) is 0 Å². The molecule has 5 nitrogen and oxygen atoms in total. The largest absolute Gasteiger partial charge is 0.476 e. The highest BCUT2D eigenvalue weighted by Crippen LogP contribution is 2.35. The van der Waals surface area contributed by atoms with Crippen LogP contribution in [0.5, 0.6) is 5.88 Å². The van der Waals surface area contributed by atoms with Crippen molar-refractivity contribution in [2.45, 2.75) is 25.2 Å². The highest BCUT2D eigenvalue weighted by atomic mass is 19.4. The zero-order chi connectivity index (χ0) is 18.8. The number of aromatic nitrogens is 1. The summed E-state index contributed by atoms with van der Waals surface area (Å²) < 4.78 is 81.4. The van der Waals surface area contributed by atoms with Crippen molar-refractivity contribution in [1.82, 2.24) is 4.98 Å². The highest BCUT2D eigenvalue weighted by Gasteiger charge is 2.39. The molecule has 1 saturated carbocycles. The Labute approximate surface area is 138 Å². The van der Waals surface area contributed by atoms with Gasteiger partial charge in [0.2, 0.25) is 5.88 Å². The molecule has 25 heavy (non-hydrogen) atoms.